The summed E-state index contributed by atoms with van der Waals surface area (Å²) in [7, 11) is 0. The lowest BCUT2D eigenvalue weighted by molar-refractivity contribution is -0.00754. The number of hydrogen-bond acceptors (Lipinski definition) is 4. The minimum Gasteiger partial charge on any atom is -0.387 e. The van der Waals surface area contributed by atoms with Crippen LogP contribution in [0.3, 0.4) is 0 Å². The van der Waals surface area contributed by atoms with Crippen molar-refractivity contribution in [1.29, 1.82) is 0 Å². The third-order valence-electron chi connectivity index (χ3n) is 2.44. The van der Waals surface area contributed by atoms with Gasteiger partial charge in [-0.05, 0) is 30.7 Å². The van der Waals surface area contributed by atoms with Gasteiger partial charge in [-0.25, -0.2) is 13.2 Å². The molecule has 0 radical (unpaired) electrons. The highest BCUT2D eigenvalue weighted by molar-refractivity contribution is 5.55. The number of aliphatic hydroxyl groups is 1. The van der Waals surface area contributed by atoms with Gasteiger partial charge < -0.3 is 9.63 Å². The van der Waals surface area contributed by atoms with E-state index in [0.29, 0.717) is 11.1 Å². The second-order valence-corrected chi connectivity index (χ2v) is 4.13. The van der Waals surface area contributed by atoms with Crippen molar-refractivity contribution in [3.05, 3.63) is 35.5 Å². The topological polar surface area (TPSA) is 59.2 Å². The molecule has 0 bridgehead atoms. The van der Waals surface area contributed by atoms with Crippen molar-refractivity contribution in [3.8, 4) is 11.4 Å². The van der Waals surface area contributed by atoms with Gasteiger partial charge in [-0.3, -0.25) is 0 Å². The molecule has 0 aliphatic heterocycles. The molecule has 0 aliphatic carbocycles. The maximum Gasteiger partial charge on any atom is 0.264 e. The van der Waals surface area contributed by atoms with Crippen LogP contribution in [-0.4, -0.2) is 27.8 Å². The van der Waals surface area contributed by atoms with Gasteiger partial charge in [0.05, 0.1) is 6.42 Å². The van der Waals surface area contributed by atoms with Crippen LogP contribution in [0.1, 0.15) is 11.5 Å². The second kappa shape index (κ2) is 5.40. The van der Waals surface area contributed by atoms with Crippen molar-refractivity contribution >= 4 is 0 Å². The lowest BCUT2D eigenvalue weighted by atomic mass is 10.1. The normalized spacial score (nSPS) is 12.9. The summed E-state index contributed by atoms with van der Waals surface area (Å²) < 4.78 is 42.3. The van der Waals surface area contributed by atoms with Crippen molar-refractivity contribution in [3.63, 3.8) is 0 Å². The van der Waals surface area contributed by atoms with Gasteiger partial charge in [0.15, 0.2) is 0 Å². The van der Waals surface area contributed by atoms with E-state index in [0.717, 1.165) is 0 Å². The number of aryl methyl sites for hydroxylation is 1. The molecular formula is C12H11F3N2O2. The second-order valence-electron chi connectivity index (χ2n) is 4.13. The summed E-state index contributed by atoms with van der Waals surface area (Å²) in [6.07, 6.45) is -5.19. The van der Waals surface area contributed by atoms with E-state index in [2.05, 4.69) is 10.1 Å². The van der Waals surface area contributed by atoms with E-state index >= 15 is 0 Å². The Balaban J connectivity index is 2.21. The van der Waals surface area contributed by atoms with Crippen LogP contribution in [0.2, 0.25) is 0 Å². The molecule has 0 amide bonds. The standard InChI is InChI=1S/C12H11F3N2O2/c1-6-2-7(4-8(13)3-6)12-16-10(19-17-12)5-9(18)11(14)15/h2-4,9,11,18H,5H2,1H3. The molecule has 0 aliphatic rings. The van der Waals surface area contributed by atoms with Crippen molar-refractivity contribution in [2.45, 2.75) is 25.9 Å². The van der Waals surface area contributed by atoms with E-state index in [1.165, 1.54) is 12.1 Å². The molecule has 0 fully saturated rings. The first-order valence-corrected chi connectivity index (χ1v) is 5.52. The number of aromatic nitrogens is 2. The Hall–Kier alpha value is -1.89. The van der Waals surface area contributed by atoms with Crippen LogP contribution in [0.15, 0.2) is 22.7 Å². The van der Waals surface area contributed by atoms with Crippen LogP contribution in [0.25, 0.3) is 11.4 Å². The summed E-state index contributed by atoms with van der Waals surface area (Å²) in [6, 6.07) is 4.19. The summed E-state index contributed by atoms with van der Waals surface area (Å²) in [5.74, 6) is -0.474. The molecule has 1 aromatic heterocycles. The predicted octanol–water partition coefficient (Wildman–Crippen LogP) is 2.35. The molecule has 1 unspecified atom stereocenters. The fourth-order valence-corrected chi connectivity index (χ4v) is 1.59. The molecule has 102 valence electrons. The highest BCUT2D eigenvalue weighted by Gasteiger charge is 2.21. The molecule has 7 heteroatoms. The molecule has 2 rings (SSSR count). The number of hydrogen-bond donors (Lipinski definition) is 1. The number of benzene rings is 1. The smallest absolute Gasteiger partial charge is 0.264 e. The summed E-state index contributed by atoms with van der Waals surface area (Å²) in [5.41, 5.74) is 1.06. The fraction of sp³-hybridized carbons (Fsp3) is 0.333. The number of alkyl halides is 2. The van der Waals surface area contributed by atoms with E-state index in [-0.39, 0.29) is 11.7 Å². The minimum absolute atomic E-state index is 0.0964. The van der Waals surface area contributed by atoms with Crippen LogP contribution < -0.4 is 0 Å². The Kier molecular flexibility index (Phi) is 3.84. The first kappa shape index (κ1) is 13.5. The van der Waals surface area contributed by atoms with Crippen LogP contribution in [0, 0.1) is 12.7 Å². The molecular weight excluding hydrogens is 261 g/mol. The Morgan fingerprint density at radius 1 is 1.32 bits per heavy atom. The number of nitrogens with zero attached hydrogens (tertiary/aromatic N) is 2. The largest absolute Gasteiger partial charge is 0.387 e. The molecule has 1 N–H and O–H groups in total. The van der Waals surface area contributed by atoms with Crippen molar-refractivity contribution in [2.75, 3.05) is 0 Å². The highest BCUT2D eigenvalue weighted by atomic mass is 19.3. The Morgan fingerprint density at radius 2 is 2.05 bits per heavy atom. The van der Waals surface area contributed by atoms with E-state index in [1.807, 2.05) is 0 Å². The molecule has 2 aromatic rings. The molecule has 0 spiro atoms. The maximum absolute atomic E-state index is 13.2. The monoisotopic (exact) mass is 272 g/mol. The zero-order valence-corrected chi connectivity index (χ0v) is 9.98. The van der Waals surface area contributed by atoms with Crippen LogP contribution in [-0.2, 0) is 6.42 Å². The van der Waals surface area contributed by atoms with Gasteiger partial charge in [0, 0.05) is 5.56 Å². The van der Waals surface area contributed by atoms with Gasteiger partial charge in [-0.2, -0.15) is 4.98 Å². The SMILES string of the molecule is Cc1cc(F)cc(-c2noc(CC(O)C(F)F)n2)c1. The van der Waals surface area contributed by atoms with E-state index in [9.17, 15) is 13.2 Å². The molecule has 1 aromatic carbocycles. The highest BCUT2D eigenvalue weighted by Crippen LogP contribution is 2.19. The zero-order valence-electron chi connectivity index (χ0n) is 9.98. The molecule has 4 nitrogen and oxygen atoms in total. The molecule has 1 atom stereocenters. The third kappa shape index (κ3) is 3.31. The summed E-state index contributed by atoms with van der Waals surface area (Å²) in [6.45, 7) is 1.70. The van der Waals surface area contributed by atoms with Crippen LogP contribution in [0.5, 0.6) is 0 Å². The minimum atomic E-state index is -2.88. The van der Waals surface area contributed by atoms with Gasteiger partial charge >= 0.3 is 0 Å². The number of halogens is 3. The van der Waals surface area contributed by atoms with Crippen molar-refractivity contribution < 1.29 is 22.8 Å². The van der Waals surface area contributed by atoms with Crippen LogP contribution in [0.4, 0.5) is 13.2 Å². The molecule has 19 heavy (non-hydrogen) atoms. The summed E-state index contributed by atoms with van der Waals surface area (Å²) in [4.78, 5) is 3.85. The maximum atomic E-state index is 13.2. The lowest BCUT2D eigenvalue weighted by Crippen LogP contribution is -2.20. The average Bonchev–Trinajstić information content (AvgIpc) is 2.76. The average molecular weight is 272 g/mol. The van der Waals surface area contributed by atoms with Crippen molar-refractivity contribution in [1.82, 2.24) is 10.1 Å². The van der Waals surface area contributed by atoms with E-state index in [4.69, 9.17) is 9.63 Å². The summed E-state index contributed by atoms with van der Waals surface area (Å²) in [5, 5.41) is 12.6. The quantitative estimate of drug-likeness (QED) is 0.928. The zero-order chi connectivity index (χ0) is 14.0. The lowest BCUT2D eigenvalue weighted by Gasteiger charge is -2.04. The third-order valence-corrected chi connectivity index (χ3v) is 2.44. The fourth-order valence-electron chi connectivity index (χ4n) is 1.59. The molecule has 0 saturated heterocycles. The van der Waals surface area contributed by atoms with E-state index in [1.54, 1.807) is 13.0 Å². The predicted molar refractivity (Wildman–Crippen MR) is 60.1 cm³/mol. The first-order chi connectivity index (χ1) is 8.95. The van der Waals surface area contributed by atoms with E-state index < -0.39 is 24.8 Å². The Labute approximate surface area is 106 Å². The Morgan fingerprint density at radius 3 is 2.68 bits per heavy atom. The van der Waals surface area contributed by atoms with Crippen molar-refractivity contribution in [2.24, 2.45) is 0 Å². The number of aliphatic hydroxyl groups excluding tert-OH is 1. The first-order valence-electron chi connectivity index (χ1n) is 5.52. The summed E-state index contributed by atoms with van der Waals surface area (Å²) >= 11 is 0. The Bertz CT molecular complexity index is 552. The molecule has 1 heterocycles. The van der Waals surface area contributed by atoms with Gasteiger partial charge in [0.2, 0.25) is 11.7 Å². The van der Waals surface area contributed by atoms with Gasteiger partial charge in [-0.15, -0.1) is 0 Å². The van der Waals surface area contributed by atoms with Gasteiger partial charge in [-0.1, -0.05) is 5.16 Å². The van der Waals surface area contributed by atoms with Gasteiger partial charge in [0.1, 0.15) is 11.9 Å². The molecule has 0 saturated carbocycles. The number of rotatable bonds is 4. The van der Waals surface area contributed by atoms with Crippen LogP contribution >= 0.6 is 0 Å². The van der Waals surface area contributed by atoms with Gasteiger partial charge in [0.25, 0.3) is 6.43 Å².